The van der Waals surface area contributed by atoms with Crippen LogP contribution in [0.4, 0.5) is 0 Å². The van der Waals surface area contributed by atoms with Crippen molar-refractivity contribution in [1.82, 2.24) is 4.90 Å². The summed E-state index contributed by atoms with van der Waals surface area (Å²) in [4.78, 5) is 13.8. The van der Waals surface area contributed by atoms with Crippen LogP contribution in [0.1, 0.15) is 21.7 Å². The fraction of sp³-hybridized carbons (Fsp3) is 0.214. The van der Waals surface area contributed by atoms with Gasteiger partial charge >= 0.3 is 0 Å². The third-order valence-electron chi connectivity index (χ3n) is 2.92. The van der Waals surface area contributed by atoms with Crippen LogP contribution in [0.3, 0.4) is 0 Å². The molecule has 0 fully saturated rings. The molecule has 1 N–H and O–H groups in total. The molecule has 4 nitrogen and oxygen atoms in total. The highest BCUT2D eigenvalue weighted by Gasteiger charge is 2.15. The van der Waals surface area contributed by atoms with Crippen molar-refractivity contribution in [2.24, 2.45) is 0 Å². The summed E-state index contributed by atoms with van der Waals surface area (Å²) in [5.41, 5.74) is 1.40. The Hall–Kier alpha value is -1.94. The standard InChI is InChI=1S/C14H14ClNO3/c1-9-11(5-6-19-9)8-16(2)14(18)10-3-4-13(17)12(15)7-10/h3-7,17H,8H2,1-2H3. The largest absolute Gasteiger partial charge is 0.506 e. The number of furan rings is 1. The summed E-state index contributed by atoms with van der Waals surface area (Å²) in [7, 11) is 1.70. The second kappa shape index (κ2) is 5.36. The topological polar surface area (TPSA) is 53.7 Å². The molecule has 2 aromatic rings. The maximum atomic E-state index is 12.2. The number of halogens is 1. The van der Waals surface area contributed by atoms with Gasteiger partial charge in [0.15, 0.2) is 0 Å². The van der Waals surface area contributed by atoms with Gasteiger partial charge in [0.25, 0.3) is 5.91 Å². The lowest BCUT2D eigenvalue weighted by atomic mass is 10.1. The van der Waals surface area contributed by atoms with Gasteiger partial charge in [-0.1, -0.05) is 11.6 Å². The van der Waals surface area contributed by atoms with Crippen LogP contribution < -0.4 is 0 Å². The van der Waals surface area contributed by atoms with Gasteiger partial charge in [-0.2, -0.15) is 0 Å². The summed E-state index contributed by atoms with van der Waals surface area (Å²) >= 11 is 5.79. The van der Waals surface area contributed by atoms with E-state index in [2.05, 4.69) is 0 Å². The number of phenolic OH excluding ortho intramolecular Hbond substituents is 1. The number of aryl methyl sites for hydroxylation is 1. The predicted molar refractivity (Wildman–Crippen MR) is 72.4 cm³/mol. The summed E-state index contributed by atoms with van der Waals surface area (Å²) < 4.78 is 5.19. The first-order valence-corrected chi connectivity index (χ1v) is 6.14. The summed E-state index contributed by atoms with van der Waals surface area (Å²) in [6.45, 7) is 2.31. The van der Waals surface area contributed by atoms with E-state index in [0.717, 1.165) is 11.3 Å². The highest BCUT2D eigenvalue weighted by atomic mass is 35.5. The van der Waals surface area contributed by atoms with Gasteiger partial charge in [-0.15, -0.1) is 0 Å². The van der Waals surface area contributed by atoms with Gasteiger partial charge in [0.05, 0.1) is 11.3 Å². The Morgan fingerprint density at radius 3 is 2.74 bits per heavy atom. The van der Waals surface area contributed by atoms with Crippen molar-refractivity contribution in [3.8, 4) is 5.75 Å². The summed E-state index contributed by atoms with van der Waals surface area (Å²) in [5.74, 6) is 0.595. The Bertz CT molecular complexity index is 606. The Balaban J connectivity index is 2.15. The number of phenols is 1. The minimum Gasteiger partial charge on any atom is -0.506 e. The van der Waals surface area contributed by atoms with Crippen LogP contribution in [-0.2, 0) is 6.54 Å². The molecule has 1 amide bonds. The van der Waals surface area contributed by atoms with Crippen LogP contribution in [0.15, 0.2) is 34.9 Å². The van der Waals surface area contributed by atoms with Gasteiger partial charge in [0.2, 0.25) is 0 Å². The number of nitrogens with zero attached hydrogens (tertiary/aromatic N) is 1. The molecule has 1 aromatic carbocycles. The Morgan fingerprint density at radius 1 is 1.42 bits per heavy atom. The molecule has 0 radical (unpaired) electrons. The molecular weight excluding hydrogens is 266 g/mol. The van der Waals surface area contributed by atoms with Crippen molar-refractivity contribution in [1.29, 1.82) is 0 Å². The third kappa shape index (κ3) is 2.90. The highest BCUT2D eigenvalue weighted by molar-refractivity contribution is 6.32. The van der Waals surface area contributed by atoms with E-state index in [1.54, 1.807) is 24.3 Å². The minimum atomic E-state index is -0.164. The van der Waals surface area contributed by atoms with Crippen molar-refractivity contribution in [3.63, 3.8) is 0 Å². The number of benzene rings is 1. The van der Waals surface area contributed by atoms with Crippen molar-refractivity contribution >= 4 is 17.5 Å². The lowest BCUT2D eigenvalue weighted by molar-refractivity contribution is 0.0784. The second-order valence-corrected chi connectivity index (χ2v) is 4.74. The van der Waals surface area contributed by atoms with E-state index >= 15 is 0 Å². The fourth-order valence-electron chi connectivity index (χ4n) is 1.76. The number of hydrogen-bond donors (Lipinski definition) is 1. The molecule has 0 bridgehead atoms. The van der Waals surface area contributed by atoms with Gasteiger partial charge in [0.1, 0.15) is 11.5 Å². The number of carbonyl (C=O) groups excluding carboxylic acids is 1. The smallest absolute Gasteiger partial charge is 0.253 e. The number of amides is 1. The molecule has 1 heterocycles. The Labute approximate surface area is 116 Å². The van der Waals surface area contributed by atoms with Crippen LogP contribution in [0.25, 0.3) is 0 Å². The zero-order valence-electron chi connectivity index (χ0n) is 10.7. The molecule has 0 aliphatic carbocycles. The molecule has 0 atom stereocenters. The van der Waals surface area contributed by atoms with E-state index in [0.29, 0.717) is 12.1 Å². The van der Waals surface area contributed by atoms with Crippen molar-refractivity contribution < 1.29 is 14.3 Å². The first kappa shape index (κ1) is 13.5. The molecule has 19 heavy (non-hydrogen) atoms. The van der Waals surface area contributed by atoms with Crippen LogP contribution in [0.5, 0.6) is 5.75 Å². The van der Waals surface area contributed by atoms with E-state index in [4.69, 9.17) is 16.0 Å². The normalized spacial score (nSPS) is 10.5. The maximum Gasteiger partial charge on any atom is 0.253 e. The Kier molecular flexibility index (Phi) is 3.81. The fourth-order valence-corrected chi connectivity index (χ4v) is 1.94. The first-order valence-electron chi connectivity index (χ1n) is 5.76. The molecule has 0 saturated carbocycles. The summed E-state index contributed by atoms with van der Waals surface area (Å²) in [6.07, 6.45) is 1.60. The molecule has 0 saturated heterocycles. The number of hydrogen-bond acceptors (Lipinski definition) is 3. The van der Waals surface area contributed by atoms with Crippen molar-refractivity contribution in [2.45, 2.75) is 13.5 Å². The number of carbonyl (C=O) groups is 1. The first-order chi connectivity index (χ1) is 8.99. The van der Waals surface area contributed by atoms with Gasteiger partial charge in [-0.25, -0.2) is 0 Å². The highest BCUT2D eigenvalue weighted by Crippen LogP contribution is 2.24. The molecule has 5 heteroatoms. The van der Waals surface area contributed by atoms with Gasteiger partial charge < -0.3 is 14.4 Å². The van der Waals surface area contributed by atoms with Crippen molar-refractivity contribution in [3.05, 3.63) is 52.4 Å². The van der Waals surface area contributed by atoms with E-state index in [1.165, 1.54) is 12.1 Å². The van der Waals surface area contributed by atoms with E-state index in [-0.39, 0.29) is 16.7 Å². The predicted octanol–water partition coefficient (Wildman–Crippen LogP) is 3.22. The maximum absolute atomic E-state index is 12.2. The SMILES string of the molecule is Cc1occc1CN(C)C(=O)c1ccc(O)c(Cl)c1. The average molecular weight is 280 g/mol. The molecule has 0 spiro atoms. The zero-order chi connectivity index (χ0) is 14.0. The number of aromatic hydroxyl groups is 1. The van der Waals surface area contributed by atoms with Crippen LogP contribution in [0, 0.1) is 6.92 Å². The van der Waals surface area contributed by atoms with Crippen LogP contribution in [0.2, 0.25) is 5.02 Å². The quantitative estimate of drug-likeness (QED) is 0.938. The van der Waals surface area contributed by atoms with E-state index in [1.807, 2.05) is 13.0 Å². The van der Waals surface area contributed by atoms with Crippen molar-refractivity contribution in [2.75, 3.05) is 7.05 Å². The second-order valence-electron chi connectivity index (χ2n) is 4.33. The summed E-state index contributed by atoms with van der Waals surface area (Å²) in [5, 5.41) is 9.50. The number of rotatable bonds is 3. The molecule has 0 unspecified atom stereocenters. The van der Waals surface area contributed by atoms with E-state index < -0.39 is 0 Å². The Morgan fingerprint density at radius 2 is 2.16 bits per heavy atom. The molecule has 100 valence electrons. The summed E-state index contributed by atoms with van der Waals surface area (Å²) in [6, 6.07) is 6.25. The van der Waals surface area contributed by atoms with Gasteiger partial charge in [-0.05, 0) is 31.2 Å². The lowest BCUT2D eigenvalue weighted by Gasteiger charge is -2.17. The lowest BCUT2D eigenvalue weighted by Crippen LogP contribution is -2.26. The molecule has 0 aliphatic heterocycles. The van der Waals surface area contributed by atoms with Gasteiger partial charge in [0, 0.05) is 24.7 Å². The molecule has 0 aliphatic rings. The zero-order valence-corrected chi connectivity index (χ0v) is 11.4. The molecular formula is C14H14ClNO3. The molecule has 2 rings (SSSR count). The van der Waals surface area contributed by atoms with Crippen LogP contribution >= 0.6 is 11.6 Å². The minimum absolute atomic E-state index is 0.0356. The van der Waals surface area contributed by atoms with Crippen LogP contribution in [-0.4, -0.2) is 23.0 Å². The molecule has 1 aromatic heterocycles. The third-order valence-corrected chi connectivity index (χ3v) is 3.22. The average Bonchev–Trinajstić information content (AvgIpc) is 2.77. The monoisotopic (exact) mass is 279 g/mol. The van der Waals surface area contributed by atoms with Gasteiger partial charge in [-0.3, -0.25) is 4.79 Å². The van der Waals surface area contributed by atoms with E-state index in [9.17, 15) is 9.90 Å².